The molecule has 1 aromatic carbocycles. The summed E-state index contributed by atoms with van der Waals surface area (Å²) in [6.07, 6.45) is 1.81. The third-order valence-corrected chi connectivity index (χ3v) is 3.02. The summed E-state index contributed by atoms with van der Waals surface area (Å²) in [5, 5.41) is 0.597. The van der Waals surface area contributed by atoms with E-state index < -0.39 is 0 Å². The summed E-state index contributed by atoms with van der Waals surface area (Å²) >= 11 is 11.2. The van der Waals surface area contributed by atoms with Gasteiger partial charge in [0.15, 0.2) is 0 Å². The van der Waals surface area contributed by atoms with Crippen LogP contribution in [-0.2, 0) is 0 Å². The first-order valence-corrected chi connectivity index (χ1v) is 5.00. The lowest BCUT2D eigenvalue weighted by Crippen LogP contribution is -2.14. The topological polar surface area (TPSA) is 12.4 Å². The average Bonchev–Trinajstić information content (AvgIpc) is 2.23. The Labute approximate surface area is 93.1 Å². The van der Waals surface area contributed by atoms with Gasteiger partial charge in [0.05, 0.1) is 15.6 Å². The second-order valence-corrected chi connectivity index (χ2v) is 3.79. The SMILES string of the molecule is CN=C1C=C(Cl)C(=S)c2ccccc21. The lowest BCUT2D eigenvalue weighted by molar-refractivity contribution is 1.42. The maximum absolute atomic E-state index is 6.01. The Morgan fingerprint density at radius 1 is 1.21 bits per heavy atom. The summed E-state index contributed by atoms with van der Waals surface area (Å²) in [6.45, 7) is 0. The van der Waals surface area contributed by atoms with Gasteiger partial charge in [-0.1, -0.05) is 48.1 Å². The highest BCUT2D eigenvalue weighted by molar-refractivity contribution is 7.81. The lowest BCUT2D eigenvalue weighted by Gasteiger charge is -2.15. The van der Waals surface area contributed by atoms with E-state index in [0.717, 1.165) is 16.8 Å². The number of nitrogens with zero attached hydrogens (tertiary/aromatic N) is 1. The van der Waals surface area contributed by atoms with Crippen molar-refractivity contribution in [3.05, 3.63) is 46.5 Å². The van der Waals surface area contributed by atoms with Crippen molar-refractivity contribution in [1.29, 1.82) is 0 Å². The number of hydrogen-bond acceptors (Lipinski definition) is 2. The Balaban J connectivity index is 2.70. The normalized spacial score (nSPS) is 18.0. The molecule has 0 bridgehead atoms. The van der Waals surface area contributed by atoms with Crippen molar-refractivity contribution in [2.45, 2.75) is 0 Å². The molecule has 1 aliphatic carbocycles. The van der Waals surface area contributed by atoms with Crippen LogP contribution in [-0.4, -0.2) is 17.6 Å². The third kappa shape index (κ3) is 1.41. The zero-order chi connectivity index (χ0) is 10.1. The second kappa shape index (κ2) is 3.64. The van der Waals surface area contributed by atoms with Gasteiger partial charge in [-0.15, -0.1) is 0 Å². The van der Waals surface area contributed by atoms with E-state index in [9.17, 15) is 0 Å². The second-order valence-electron chi connectivity index (χ2n) is 2.98. The smallest absolute Gasteiger partial charge is 0.0665 e. The Morgan fingerprint density at radius 3 is 2.50 bits per heavy atom. The molecule has 3 heteroatoms. The highest BCUT2D eigenvalue weighted by Crippen LogP contribution is 2.24. The molecular weight excluding hydrogens is 214 g/mol. The van der Waals surface area contributed by atoms with E-state index in [0.29, 0.717) is 9.90 Å². The van der Waals surface area contributed by atoms with Crippen molar-refractivity contribution in [2.75, 3.05) is 7.05 Å². The monoisotopic (exact) mass is 221 g/mol. The predicted octanol–water partition coefficient (Wildman–Crippen LogP) is 2.96. The maximum atomic E-state index is 6.01. The highest BCUT2D eigenvalue weighted by atomic mass is 35.5. The molecule has 0 radical (unpaired) electrons. The summed E-state index contributed by atoms with van der Waals surface area (Å²) in [7, 11) is 1.75. The number of benzene rings is 1. The minimum atomic E-state index is 0.597. The van der Waals surface area contributed by atoms with Crippen LogP contribution in [0.25, 0.3) is 0 Å². The summed E-state index contributed by atoms with van der Waals surface area (Å²) in [4.78, 5) is 4.87. The fraction of sp³-hybridized carbons (Fsp3) is 0.0909. The Kier molecular flexibility index (Phi) is 2.48. The number of fused-ring (bicyclic) bond motifs is 1. The summed E-state index contributed by atoms with van der Waals surface area (Å²) in [6, 6.07) is 7.90. The van der Waals surface area contributed by atoms with Crippen LogP contribution >= 0.6 is 23.8 Å². The lowest BCUT2D eigenvalue weighted by atomic mass is 9.95. The van der Waals surface area contributed by atoms with E-state index in [4.69, 9.17) is 23.8 Å². The molecule has 0 atom stereocenters. The summed E-state index contributed by atoms with van der Waals surface area (Å²) < 4.78 is 0. The van der Waals surface area contributed by atoms with Crippen LogP contribution < -0.4 is 0 Å². The molecule has 0 saturated heterocycles. The minimum absolute atomic E-state index is 0.597. The third-order valence-electron chi connectivity index (χ3n) is 2.17. The van der Waals surface area contributed by atoms with E-state index in [1.165, 1.54) is 0 Å². The van der Waals surface area contributed by atoms with Crippen molar-refractivity contribution < 1.29 is 0 Å². The van der Waals surface area contributed by atoms with Crippen LogP contribution in [0, 0.1) is 0 Å². The van der Waals surface area contributed by atoms with E-state index in [1.54, 1.807) is 7.05 Å². The molecule has 1 aliphatic rings. The Hall–Kier alpha value is -0.990. The van der Waals surface area contributed by atoms with Crippen molar-refractivity contribution in [1.82, 2.24) is 0 Å². The standard InChI is InChI=1S/C11H8ClNS/c1-13-10-6-9(12)11(14)8-5-3-2-4-7(8)10/h2-6H,1H3. The first-order valence-electron chi connectivity index (χ1n) is 4.22. The van der Waals surface area contributed by atoms with Gasteiger partial charge in [0.1, 0.15) is 0 Å². The van der Waals surface area contributed by atoms with Gasteiger partial charge in [0, 0.05) is 18.2 Å². The van der Waals surface area contributed by atoms with E-state index in [-0.39, 0.29) is 0 Å². The molecule has 0 aromatic heterocycles. The van der Waals surface area contributed by atoms with Crippen molar-refractivity contribution in [2.24, 2.45) is 4.99 Å². The van der Waals surface area contributed by atoms with Crippen molar-refractivity contribution in [3.8, 4) is 0 Å². The molecule has 0 N–H and O–H groups in total. The minimum Gasteiger partial charge on any atom is -0.288 e. The zero-order valence-electron chi connectivity index (χ0n) is 7.62. The summed E-state index contributed by atoms with van der Waals surface area (Å²) in [5.41, 5.74) is 2.94. The van der Waals surface area contributed by atoms with E-state index >= 15 is 0 Å². The molecule has 0 heterocycles. The number of aliphatic imine (C=N–C) groups is 1. The molecule has 0 unspecified atom stereocenters. The molecule has 0 aliphatic heterocycles. The van der Waals surface area contributed by atoms with Crippen LogP contribution in [0.4, 0.5) is 0 Å². The number of rotatable bonds is 0. The van der Waals surface area contributed by atoms with E-state index in [2.05, 4.69) is 4.99 Å². The summed E-state index contributed by atoms with van der Waals surface area (Å²) in [5.74, 6) is 0. The average molecular weight is 222 g/mol. The molecule has 0 saturated carbocycles. The molecular formula is C11H8ClNS. The van der Waals surface area contributed by atoms with Crippen LogP contribution in [0.1, 0.15) is 11.1 Å². The predicted molar refractivity (Wildman–Crippen MR) is 64.5 cm³/mol. The van der Waals surface area contributed by atoms with Crippen molar-refractivity contribution in [3.63, 3.8) is 0 Å². The number of hydrogen-bond donors (Lipinski definition) is 0. The molecule has 0 fully saturated rings. The number of halogens is 1. The molecule has 0 spiro atoms. The first kappa shape index (κ1) is 9.56. The van der Waals surface area contributed by atoms with Gasteiger partial charge in [0.2, 0.25) is 0 Å². The van der Waals surface area contributed by atoms with Crippen LogP contribution in [0.5, 0.6) is 0 Å². The van der Waals surface area contributed by atoms with Gasteiger partial charge < -0.3 is 0 Å². The fourth-order valence-electron chi connectivity index (χ4n) is 1.48. The van der Waals surface area contributed by atoms with Crippen molar-refractivity contribution >= 4 is 34.4 Å². The highest BCUT2D eigenvalue weighted by Gasteiger charge is 2.18. The number of thiocarbonyl (C=S) groups is 1. The van der Waals surface area contributed by atoms with Gasteiger partial charge in [-0.2, -0.15) is 0 Å². The largest absolute Gasteiger partial charge is 0.288 e. The van der Waals surface area contributed by atoms with Crippen LogP contribution in [0.15, 0.2) is 40.4 Å². The molecule has 2 rings (SSSR count). The maximum Gasteiger partial charge on any atom is 0.0665 e. The molecule has 14 heavy (non-hydrogen) atoms. The van der Waals surface area contributed by atoms with Crippen LogP contribution in [0.2, 0.25) is 0 Å². The molecule has 1 nitrogen and oxygen atoms in total. The van der Waals surface area contributed by atoms with E-state index in [1.807, 2.05) is 30.3 Å². The number of allylic oxidation sites excluding steroid dienone is 2. The van der Waals surface area contributed by atoms with Gasteiger partial charge in [-0.25, -0.2) is 0 Å². The van der Waals surface area contributed by atoms with Gasteiger partial charge in [0.25, 0.3) is 0 Å². The molecule has 0 amide bonds. The van der Waals surface area contributed by atoms with Crippen LogP contribution in [0.3, 0.4) is 0 Å². The Bertz CT molecular complexity index is 460. The molecule has 1 aromatic rings. The fourth-order valence-corrected chi connectivity index (χ4v) is 1.92. The molecule has 70 valence electrons. The van der Waals surface area contributed by atoms with Gasteiger partial charge >= 0.3 is 0 Å². The van der Waals surface area contributed by atoms with Gasteiger partial charge in [-0.3, -0.25) is 4.99 Å². The van der Waals surface area contributed by atoms with Gasteiger partial charge in [-0.05, 0) is 6.08 Å². The first-order chi connectivity index (χ1) is 6.74. The zero-order valence-corrected chi connectivity index (χ0v) is 9.19. The quantitative estimate of drug-likeness (QED) is 0.614. The Morgan fingerprint density at radius 2 is 1.86 bits per heavy atom.